The van der Waals surface area contributed by atoms with E-state index in [0.29, 0.717) is 19.3 Å². The van der Waals surface area contributed by atoms with Gasteiger partial charge in [-0.2, -0.15) is 13.2 Å². The van der Waals surface area contributed by atoms with Crippen molar-refractivity contribution in [2.24, 2.45) is 11.7 Å². The zero-order valence-electron chi connectivity index (χ0n) is 21.7. The van der Waals surface area contributed by atoms with Crippen molar-refractivity contribution in [1.82, 2.24) is 10.2 Å². The first-order valence-corrected chi connectivity index (χ1v) is 15.5. The van der Waals surface area contributed by atoms with Crippen LogP contribution in [0, 0.1) is 5.92 Å². The van der Waals surface area contributed by atoms with Crippen LogP contribution in [0.3, 0.4) is 0 Å². The summed E-state index contributed by atoms with van der Waals surface area (Å²) in [5.74, 6) is -1.72. The SMILES string of the molecule is CSc1ccc(S(=O)(=O)CC2CC(N)CCC2N2CCC(C)(NC(=O)c3cccc(C(F)(F)F)c3)C2=O)cc1. The van der Waals surface area contributed by atoms with Crippen LogP contribution in [0.1, 0.15) is 48.5 Å². The number of halogens is 3. The number of hydrogen-bond donors (Lipinski definition) is 2. The van der Waals surface area contributed by atoms with Crippen molar-refractivity contribution in [1.29, 1.82) is 0 Å². The fourth-order valence-electron chi connectivity index (χ4n) is 5.50. The topological polar surface area (TPSA) is 110 Å². The lowest BCUT2D eigenvalue weighted by molar-refractivity contribution is -0.138. The predicted octanol–water partition coefficient (Wildman–Crippen LogP) is 4.12. The van der Waals surface area contributed by atoms with Crippen LogP contribution in [0.4, 0.5) is 13.2 Å². The Morgan fingerprint density at radius 3 is 2.51 bits per heavy atom. The van der Waals surface area contributed by atoms with Crippen molar-refractivity contribution in [3.63, 3.8) is 0 Å². The molecule has 4 rings (SSSR count). The molecule has 12 heteroatoms. The van der Waals surface area contributed by atoms with Gasteiger partial charge < -0.3 is 16.0 Å². The molecule has 0 aromatic heterocycles. The summed E-state index contributed by atoms with van der Waals surface area (Å²) in [5, 5.41) is 2.64. The van der Waals surface area contributed by atoms with Crippen LogP contribution in [0.15, 0.2) is 58.3 Å². The summed E-state index contributed by atoms with van der Waals surface area (Å²) in [6, 6.07) is 10.1. The van der Waals surface area contributed by atoms with Gasteiger partial charge in [-0.3, -0.25) is 9.59 Å². The molecule has 2 aromatic carbocycles. The quantitative estimate of drug-likeness (QED) is 0.475. The molecule has 2 aromatic rings. The highest BCUT2D eigenvalue weighted by atomic mass is 32.2. The van der Waals surface area contributed by atoms with Gasteiger partial charge in [-0.05, 0) is 87.2 Å². The van der Waals surface area contributed by atoms with Crippen LogP contribution >= 0.6 is 11.8 Å². The second kappa shape index (κ2) is 11.1. The van der Waals surface area contributed by atoms with E-state index >= 15 is 0 Å². The molecule has 39 heavy (non-hydrogen) atoms. The van der Waals surface area contributed by atoms with E-state index in [4.69, 9.17) is 5.73 Å². The highest BCUT2D eigenvalue weighted by Crippen LogP contribution is 2.36. The molecule has 1 aliphatic heterocycles. The molecule has 2 fully saturated rings. The Bertz CT molecular complexity index is 1330. The molecule has 0 radical (unpaired) electrons. The third-order valence-electron chi connectivity index (χ3n) is 7.66. The molecule has 7 nitrogen and oxygen atoms in total. The van der Waals surface area contributed by atoms with Gasteiger partial charge in [0.05, 0.1) is 16.2 Å². The number of sulfone groups is 1. The maximum Gasteiger partial charge on any atom is 0.416 e. The van der Waals surface area contributed by atoms with E-state index in [1.54, 1.807) is 36.1 Å². The normalized spacial score (nSPS) is 26.1. The second-order valence-corrected chi connectivity index (χ2v) is 13.4. The summed E-state index contributed by atoms with van der Waals surface area (Å²) in [7, 11) is -3.65. The van der Waals surface area contributed by atoms with Crippen molar-refractivity contribution >= 4 is 33.4 Å². The van der Waals surface area contributed by atoms with Crippen LogP contribution in [0.25, 0.3) is 0 Å². The maximum absolute atomic E-state index is 13.6. The average Bonchev–Trinajstić information content (AvgIpc) is 3.17. The van der Waals surface area contributed by atoms with Crippen molar-refractivity contribution in [2.45, 2.75) is 66.2 Å². The van der Waals surface area contributed by atoms with E-state index in [1.165, 1.54) is 17.8 Å². The van der Waals surface area contributed by atoms with Crippen molar-refractivity contribution in [3.05, 3.63) is 59.7 Å². The van der Waals surface area contributed by atoms with Crippen LogP contribution in [0.5, 0.6) is 0 Å². The lowest BCUT2D eigenvalue weighted by atomic mass is 9.82. The summed E-state index contributed by atoms with van der Waals surface area (Å²) in [4.78, 5) is 29.2. The Balaban J connectivity index is 1.51. The molecule has 1 aliphatic carbocycles. The number of carbonyl (C=O) groups is 2. The maximum atomic E-state index is 13.6. The number of hydrogen-bond acceptors (Lipinski definition) is 6. The van der Waals surface area contributed by atoms with Crippen LogP contribution in [0.2, 0.25) is 0 Å². The molecular weight excluding hydrogens is 551 g/mol. The van der Waals surface area contributed by atoms with Gasteiger partial charge in [0.25, 0.3) is 5.91 Å². The molecule has 2 amide bonds. The zero-order chi connectivity index (χ0) is 28.6. The number of nitrogens with two attached hydrogens (primary N) is 1. The van der Waals surface area contributed by atoms with Gasteiger partial charge in [-0.1, -0.05) is 6.07 Å². The first-order valence-electron chi connectivity index (χ1n) is 12.7. The number of benzene rings is 2. The predicted molar refractivity (Wildman–Crippen MR) is 143 cm³/mol. The van der Waals surface area contributed by atoms with Gasteiger partial charge >= 0.3 is 6.18 Å². The van der Waals surface area contributed by atoms with Gasteiger partial charge in [0, 0.05) is 29.1 Å². The minimum absolute atomic E-state index is 0.166. The number of amides is 2. The van der Waals surface area contributed by atoms with Gasteiger partial charge in [0.2, 0.25) is 5.91 Å². The molecule has 2 aliphatic rings. The molecule has 1 saturated heterocycles. The summed E-state index contributed by atoms with van der Waals surface area (Å²) in [5.41, 5.74) is 3.72. The van der Waals surface area contributed by atoms with Gasteiger partial charge in [0.1, 0.15) is 5.54 Å². The Morgan fingerprint density at radius 2 is 1.87 bits per heavy atom. The first-order chi connectivity index (χ1) is 18.2. The fourth-order valence-corrected chi connectivity index (χ4v) is 7.57. The summed E-state index contributed by atoms with van der Waals surface area (Å²) >= 11 is 1.51. The van der Waals surface area contributed by atoms with Crippen molar-refractivity contribution in [2.75, 3.05) is 18.6 Å². The van der Waals surface area contributed by atoms with E-state index in [-0.39, 0.29) is 47.2 Å². The fraction of sp³-hybridized carbons (Fsp3) is 0.481. The average molecular weight is 584 g/mol. The molecule has 4 unspecified atom stereocenters. The third kappa shape index (κ3) is 6.44. The van der Waals surface area contributed by atoms with Gasteiger partial charge in [-0.15, -0.1) is 11.8 Å². The molecule has 212 valence electrons. The number of nitrogens with one attached hydrogen (secondary N) is 1. The molecule has 0 bridgehead atoms. The van der Waals surface area contributed by atoms with Crippen LogP contribution in [-0.4, -0.2) is 61.3 Å². The number of likely N-dealkylation sites (tertiary alicyclic amines) is 1. The summed E-state index contributed by atoms with van der Waals surface area (Å²) in [6.07, 6.45) is -0.871. The molecule has 0 spiro atoms. The number of carbonyl (C=O) groups excluding carboxylic acids is 2. The standard InChI is InChI=1S/C27H32F3N3O4S2/c1-26(32-24(34)17-4-3-5-19(14-17)27(28,29)30)12-13-33(25(26)35)23-11-6-20(31)15-18(23)16-39(36,37)22-9-7-21(38-2)8-10-22/h3-5,7-10,14,18,20,23H,6,11-13,15-16,31H2,1-2H3,(H,32,34). The van der Waals surface area contributed by atoms with Gasteiger partial charge in [-0.25, -0.2) is 8.42 Å². The van der Waals surface area contributed by atoms with Gasteiger partial charge in [0.15, 0.2) is 9.84 Å². The zero-order valence-corrected chi connectivity index (χ0v) is 23.3. The minimum atomic E-state index is -4.60. The lowest BCUT2D eigenvalue weighted by Crippen LogP contribution is -2.56. The number of thioether (sulfide) groups is 1. The number of rotatable bonds is 7. The smallest absolute Gasteiger partial charge is 0.338 e. The third-order valence-corrected chi connectivity index (χ3v) is 10.3. The highest BCUT2D eigenvalue weighted by molar-refractivity contribution is 7.98. The molecule has 1 heterocycles. The highest BCUT2D eigenvalue weighted by Gasteiger charge is 2.49. The second-order valence-electron chi connectivity index (χ2n) is 10.5. The van der Waals surface area contributed by atoms with E-state index in [1.807, 2.05) is 6.26 Å². The molecular formula is C27H32F3N3O4S2. The largest absolute Gasteiger partial charge is 0.416 e. The van der Waals surface area contributed by atoms with E-state index in [2.05, 4.69) is 5.32 Å². The molecule has 3 N–H and O–H groups in total. The van der Waals surface area contributed by atoms with E-state index < -0.39 is 38.9 Å². The van der Waals surface area contributed by atoms with Crippen LogP contribution < -0.4 is 11.1 Å². The Labute approximate surface area is 230 Å². The summed E-state index contributed by atoms with van der Waals surface area (Å²) < 4.78 is 65.9. The van der Waals surface area contributed by atoms with Crippen molar-refractivity contribution in [3.8, 4) is 0 Å². The Hall–Kier alpha value is -2.57. The lowest BCUT2D eigenvalue weighted by Gasteiger charge is -2.40. The molecule has 4 atom stereocenters. The minimum Gasteiger partial charge on any atom is -0.338 e. The summed E-state index contributed by atoms with van der Waals surface area (Å²) in [6.45, 7) is 1.84. The van der Waals surface area contributed by atoms with E-state index in [9.17, 15) is 31.2 Å². The Kier molecular flexibility index (Phi) is 8.39. The monoisotopic (exact) mass is 583 g/mol. The van der Waals surface area contributed by atoms with E-state index in [0.717, 1.165) is 23.1 Å². The van der Waals surface area contributed by atoms with Crippen LogP contribution in [-0.2, 0) is 20.8 Å². The molecule has 1 saturated carbocycles. The number of alkyl halides is 3. The number of nitrogens with zero attached hydrogens (tertiary/aromatic N) is 1. The first kappa shape index (κ1) is 29.4. The Morgan fingerprint density at radius 1 is 1.18 bits per heavy atom. The van der Waals surface area contributed by atoms with Crippen molar-refractivity contribution < 1.29 is 31.2 Å².